The summed E-state index contributed by atoms with van der Waals surface area (Å²) < 4.78 is 1.79. The first-order valence-corrected chi connectivity index (χ1v) is 10.4. The fourth-order valence-electron chi connectivity index (χ4n) is 3.68. The number of aromatic nitrogens is 3. The molecule has 0 aliphatic carbocycles. The number of nitrogens with one attached hydrogen (secondary N) is 2. The second-order valence-corrected chi connectivity index (χ2v) is 7.85. The highest BCUT2D eigenvalue weighted by atomic mass is 35.5. The number of carboxylic acids is 1. The number of carbonyl (C=O) groups is 2. The number of amides is 1. The summed E-state index contributed by atoms with van der Waals surface area (Å²) in [5.41, 5.74) is 2.17. The van der Waals surface area contributed by atoms with Crippen LogP contribution in [-0.4, -0.2) is 31.7 Å². The first-order valence-electron chi connectivity index (χ1n) is 10.0. The lowest BCUT2D eigenvalue weighted by Gasteiger charge is -2.31. The smallest absolute Gasteiger partial charge is 0.303 e. The molecule has 160 valence electrons. The largest absolute Gasteiger partial charge is 0.481 e. The number of aliphatic carboxylic acids is 1. The highest BCUT2D eigenvalue weighted by Crippen LogP contribution is 2.38. The van der Waals surface area contributed by atoms with Gasteiger partial charge in [0.2, 0.25) is 11.9 Å². The third-order valence-corrected chi connectivity index (χ3v) is 5.44. The number of halogens is 1. The summed E-state index contributed by atoms with van der Waals surface area (Å²) in [6.45, 7) is 0. The zero-order valence-electron chi connectivity index (χ0n) is 16.7. The van der Waals surface area contributed by atoms with Gasteiger partial charge in [-0.15, -0.1) is 5.10 Å². The van der Waals surface area contributed by atoms with Gasteiger partial charge in [0.25, 0.3) is 5.95 Å². The van der Waals surface area contributed by atoms with E-state index in [0.29, 0.717) is 11.0 Å². The van der Waals surface area contributed by atoms with Gasteiger partial charge in [0.05, 0.1) is 12.1 Å². The molecule has 0 spiro atoms. The molecular formula is C22H22ClN5O3. The molecule has 0 bridgehead atoms. The molecule has 0 radical (unpaired) electrons. The van der Waals surface area contributed by atoms with Gasteiger partial charge in [-0.05, 0) is 36.1 Å². The van der Waals surface area contributed by atoms with E-state index < -0.39 is 5.97 Å². The summed E-state index contributed by atoms with van der Waals surface area (Å²) in [7, 11) is 0. The van der Waals surface area contributed by atoms with Crippen molar-refractivity contribution in [2.75, 3.05) is 10.6 Å². The van der Waals surface area contributed by atoms with E-state index >= 15 is 0 Å². The molecule has 3 N–H and O–H groups in total. The Bertz CT molecular complexity index is 1070. The Morgan fingerprint density at radius 3 is 2.55 bits per heavy atom. The van der Waals surface area contributed by atoms with Crippen molar-refractivity contribution in [3.63, 3.8) is 0 Å². The summed E-state index contributed by atoms with van der Waals surface area (Å²) in [4.78, 5) is 27.3. The SMILES string of the molecule is O=C(O)CCCC(=O)Nc1nc2n(n1)[C@H](c1ccccc1)C[C@@H](c1ccc(Cl)cc1)N2. The van der Waals surface area contributed by atoms with Crippen LogP contribution in [0, 0.1) is 0 Å². The topological polar surface area (TPSA) is 109 Å². The van der Waals surface area contributed by atoms with Gasteiger partial charge in [0, 0.05) is 17.9 Å². The first kappa shape index (κ1) is 20.9. The van der Waals surface area contributed by atoms with Crippen molar-refractivity contribution in [1.29, 1.82) is 0 Å². The number of carbonyl (C=O) groups excluding carboxylic acids is 1. The minimum absolute atomic E-state index is 0.00158. The monoisotopic (exact) mass is 439 g/mol. The Morgan fingerprint density at radius 1 is 1.10 bits per heavy atom. The molecule has 2 aromatic carbocycles. The number of carboxylic acid groups (broad SMARTS) is 1. The zero-order chi connectivity index (χ0) is 21.8. The normalized spacial score (nSPS) is 17.5. The maximum Gasteiger partial charge on any atom is 0.303 e. The summed E-state index contributed by atoms with van der Waals surface area (Å²) in [5.74, 6) is -0.484. The maximum absolute atomic E-state index is 12.1. The predicted octanol–water partition coefficient (Wildman–Crippen LogP) is 4.27. The number of hydrogen-bond acceptors (Lipinski definition) is 5. The molecule has 1 aliphatic heterocycles. The van der Waals surface area contributed by atoms with Crippen molar-refractivity contribution in [2.24, 2.45) is 0 Å². The van der Waals surface area contributed by atoms with E-state index in [9.17, 15) is 9.59 Å². The fraction of sp³-hybridized carbons (Fsp3) is 0.273. The molecule has 1 amide bonds. The number of rotatable bonds is 7. The van der Waals surface area contributed by atoms with Crippen molar-refractivity contribution in [1.82, 2.24) is 14.8 Å². The van der Waals surface area contributed by atoms with Crippen molar-refractivity contribution < 1.29 is 14.7 Å². The number of anilines is 2. The average molecular weight is 440 g/mol. The number of fused-ring (bicyclic) bond motifs is 1. The second-order valence-electron chi connectivity index (χ2n) is 7.41. The minimum Gasteiger partial charge on any atom is -0.481 e. The van der Waals surface area contributed by atoms with Crippen molar-refractivity contribution >= 4 is 35.4 Å². The molecule has 2 atom stereocenters. The number of nitrogens with zero attached hydrogens (tertiary/aromatic N) is 3. The van der Waals surface area contributed by atoms with E-state index in [4.69, 9.17) is 16.7 Å². The van der Waals surface area contributed by atoms with Crippen molar-refractivity contribution in [2.45, 2.75) is 37.8 Å². The van der Waals surface area contributed by atoms with Crippen LogP contribution in [0.3, 0.4) is 0 Å². The maximum atomic E-state index is 12.1. The lowest BCUT2D eigenvalue weighted by molar-refractivity contribution is -0.137. The van der Waals surface area contributed by atoms with Crippen LogP contribution < -0.4 is 10.6 Å². The molecule has 0 saturated carbocycles. The van der Waals surface area contributed by atoms with Gasteiger partial charge in [-0.25, -0.2) is 4.68 Å². The zero-order valence-corrected chi connectivity index (χ0v) is 17.4. The quantitative estimate of drug-likeness (QED) is 0.507. The molecule has 0 unspecified atom stereocenters. The Labute approximate surface area is 184 Å². The van der Waals surface area contributed by atoms with Crippen LogP contribution in [0.15, 0.2) is 54.6 Å². The average Bonchev–Trinajstić information content (AvgIpc) is 3.16. The van der Waals surface area contributed by atoms with E-state index in [-0.39, 0.29) is 43.2 Å². The molecular weight excluding hydrogens is 418 g/mol. The van der Waals surface area contributed by atoms with Crippen LogP contribution in [0.2, 0.25) is 5.02 Å². The highest BCUT2D eigenvalue weighted by molar-refractivity contribution is 6.30. The molecule has 0 fully saturated rings. The lowest BCUT2D eigenvalue weighted by Crippen LogP contribution is -2.28. The summed E-state index contributed by atoms with van der Waals surface area (Å²) in [5, 5.41) is 20.0. The van der Waals surface area contributed by atoms with Gasteiger partial charge < -0.3 is 10.4 Å². The Kier molecular flexibility index (Phi) is 6.18. The first-order chi connectivity index (χ1) is 15.0. The molecule has 4 rings (SSSR count). The standard InChI is InChI=1S/C22H22ClN5O3/c23-16-11-9-14(10-12-16)17-13-18(15-5-2-1-3-6-15)28-22(24-17)26-21(27-28)25-19(29)7-4-8-20(30)31/h1-3,5-6,9-12,17-18H,4,7-8,13H2,(H,30,31)(H2,24,25,26,27,29)/t17-,18-/m0/s1. The van der Waals surface area contributed by atoms with Crippen LogP contribution in [0.25, 0.3) is 0 Å². The second kappa shape index (κ2) is 9.18. The van der Waals surface area contributed by atoms with Crippen molar-refractivity contribution in [3.8, 4) is 0 Å². The van der Waals surface area contributed by atoms with E-state index in [1.54, 1.807) is 4.68 Å². The third-order valence-electron chi connectivity index (χ3n) is 5.19. The van der Waals surface area contributed by atoms with Crippen LogP contribution >= 0.6 is 11.6 Å². The van der Waals surface area contributed by atoms with E-state index in [1.807, 2.05) is 54.6 Å². The van der Waals surface area contributed by atoms with Crippen LogP contribution in [0.1, 0.15) is 48.9 Å². The van der Waals surface area contributed by atoms with Gasteiger partial charge in [-0.1, -0.05) is 54.1 Å². The van der Waals surface area contributed by atoms with Gasteiger partial charge in [0.1, 0.15) is 0 Å². The molecule has 1 aromatic heterocycles. The third kappa shape index (κ3) is 5.03. The molecule has 2 heterocycles. The van der Waals surface area contributed by atoms with Crippen LogP contribution in [0.5, 0.6) is 0 Å². The molecule has 3 aromatic rings. The number of benzene rings is 2. The van der Waals surface area contributed by atoms with Gasteiger partial charge in [-0.2, -0.15) is 4.98 Å². The van der Waals surface area contributed by atoms with Crippen LogP contribution in [-0.2, 0) is 9.59 Å². The highest BCUT2D eigenvalue weighted by Gasteiger charge is 2.31. The Balaban J connectivity index is 1.58. The van der Waals surface area contributed by atoms with Crippen molar-refractivity contribution in [3.05, 3.63) is 70.7 Å². The minimum atomic E-state index is -0.925. The summed E-state index contributed by atoms with van der Waals surface area (Å²) in [6, 6.07) is 17.6. The van der Waals surface area contributed by atoms with E-state index in [1.165, 1.54) is 0 Å². The summed E-state index contributed by atoms with van der Waals surface area (Å²) >= 11 is 6.04. The molecule has 31 heavy (non-hydrogen) atoms. The van der Waals surface area contributed by atoms with Gasteiger partial charge >= 0.3 is 5.97 Å². The fourth-order valence-corrected chi connectivity index (χ4v) is 3.81. The van der Waals surface area contributed by atoms with E-state index in [2.05, 4.69) is 20.7 Å². The Morgan fingerprint density at radius 2 is 1.84 bits per heavy atom. The summed E-state index contributed by atoms with van der Waals surface area (Å²) in [6.07, 6.45) is 1.05. The number of hydrogen-bond donors (Lipinski definition) is 3. The van der Waals surface area contributed by atoms with Gasteiger partial charge in [0.15, 0.2) is 0 Å². The van der Waals surface area contributed by atoms with Gasteiger partial charge in [-0.3, -0.25) is 14.9 Å². The van der Waals surface area contributed by atoms with E-state index in [0.717, 1.165) is 17.5 Å². The predicted molar refractivity (Wildman–Crippen MR) is 117 cm³/mol. The van der Waals surface area contributed by atoms with Crippen LogP contribution in [0.4, 0.5) is 11.9 Å². The molecule has 0 saturated heterocycles. The molecule has 9 heteroatoms. The molecule has 8 nitrogen and oxygen atoms in total. The molecule has 1 aliphatic rings. The Hall–Kier alpha value is -3.39. The lowest BCUT2D eigenvalue weighted by atomic mass is 9.93.